The molecule has 0 saturated carbocycles. The van der Waals surface area contributed by atoms with Crippen molar-refractivity contribution in [2.24, 2.45) is 0 Å². The van der Waals surface area contributed by atoms with Crippen LogP contribution in [0.3, 0.4) is 0 Å². The molecule has 0 aromatic heterocycles. The van der Waals surface area contributed by atoms with Gasteiger partial charge in [0.15, 0.2) is 5.78 Å². The van der Waals surface area contributed by atoms with Crippen LogP contribution in [-0.4, -0.2) is 11.7 Å². The van der Waals surface area contributed by atoms with E-state index >= 15 is 0 Å². The maximum atomic E-state index is 12.9. The highest BCUT2D eigenvalue weighted by Gasteiger charge is 2.31. The summed E-state index contributed by atoms with van der Waals surface area (Å²) in [5, 5.41) is 2.70. The van der Waals surface area contributed by atoms with Gasteiger partial charge in [-0.05, 0) is 47.9 Å². The highest BCUT2D eigenvalue weighted by Crippen LogP contribution is 2.37. The SMILES string of the molecule is CC(NC(=O)c1ccc2c(c1)C(=O)c1ccccc1-2)c1cccc(C(F)(F)F)c1. The quantitative estimate of drug-likeness (QED) is 0.504. The van der Waals surface area contributed by atoms with Crippen LogP contribution in [0.4, 0.5) is 13.2 Å². The van der Waals surface area contributed by atoms with Gasteiger partial charge in [0, 0.05) is 16.7 Å². The summed E-state index contributed by atoms with van der Waals surface area (Å²) in [4.78, 5) is 25.2. The average molecular weight is 395 g/mol. The number of nitrogens with one attached hydrogen (secondary N) is 1. The van der Waals surface area contributed by atoms with Gasteiger partial charge in [0.2, 0.25) is 0 Å². The van der Waals surface area contributed by atoms with Gasteiger partial charge in [-0.3, -0.25) is 9.59 Å². The van der Waals surface area contributed by atoms with Crippen molar-refractivity contribution in [3.05, 3.63) is 94.5 Å². The minimum atomic E-state index is -4.45. The van der Waals surface area contributed by atoms with E-state index in [-0.39, 0.29) is 11.3 Å². The van der Waals surface area contributed by atoms with E-state index in [4.69, 9.17) is 0 Å². The Labute approximate surface area is 165 Å². The normalized spacial score (nSPS) is 13.6. The van der Waals surface area contributed by atoms with Crippen LogP contribution < -0.4 is 5.32 Å². The largest absolute Gasteiger partial charge is 0.416 e. The topological polar surface area (TPSA) is 46.2 Å². The third kappa shape index (κ3) is 3.42. The lowest BCUT2D eigenvalue weighted by Crippen LogP contribution is -2.27. The molecule has 4 rings (SSSR count). The maximum absolute atomic E-state index is 12.9. The van der Waals surface area contributed by atoms with Crippen LogP contribution in [0.5, 0.6) is 0 Å². The van der Waals surface area contributed by atoms with Crippen LogP contribution in [0, 0.1) is 0 Å². The van der Waals surface area contributed by atoms with Gasteiger partial charge in [-0.2, -0.15) is 13.2 Å². The molecule has 1 unspecified atom stereocenters. The molecule has 1 aliphatic carbocycles. The van der Waals surface area contributed by atoms with Crippen molar-refractivity contribution in [1.29, 1.82) is 0 Å². The molecule has 1 amide bonds. The first kappa shape index (κ1) is 18.9. The molecule has 0 heterocycles. The molecule has 0 aliphatic heterocycles. The summed E-state index contributed by atoms with van der Waals surface area (Å²) < 4.78 is 38.7. The number of alkyl halides is 3. The van der Waals surface area contributed by atoms with E-state index in [1.807, 2.05) is 12.1 Å². The summed E-state index contributed by atoms with van der Waals surface area (Å²) in [6.45, 7) is 1.61. The van der Waals surface area contributed by atoms with Gasteiger partial charge in [0.05, 0.1) is 11.6 Å². The molecule has 1 aliphatic rings. The zero-order valence-electron chi connectivity index (χ0n) is 15.4. The number of benzene rings is 3. The van der Waals surface area contributed by atoms with E-state index in [2.05, 4.69) is 5.32 Å². The molecule has 0 spiro atoms. The Bertz CT molecular complexity index is 1130. The molecular weight excluding hydrogens is 379 g/mol. The standard InChI is InChI=1S/C23H16F3NO2/c1-13(14-5-4-6-16(11-14)23(24,25)26)27-22(29)15-9-10-18-17-7-2-3-8-19(17)21(28)20(18)12-15/h2-13H,1H3,(H,27,29). The number of amides is 1. The smallest absolute Gasteiger partial charge is 0.346 e. The maximum Gasteiger partial charge on any atom is 0.416 e. The van der Waals surface area contributed by atoms with Crippen LogP contribution in [0.1, 0.15) is 50.4 Å². The van der Waals surface area contributed by atoms with Crippen LogP contribution in [0.15, 0.2) is 66.7 Å². The first-order valence-corrected chi connectivity index (χ1v) is 9.02. The number of hydrogen-bond acceptors (Lipinski definition) is 2. The Hall–Kier alpha value is -3.41. The molecule has 0 radical (unpaired) electrons. The Morgan fingerprint density at radius 2 is 1.55 bits per heavy atom. The second-order valence-electron chi connectivity index (χ2n) is 6.95. The van der Waals surface area contributed by atoms with Crippen LogP contribution in [0.25, 0.3) is 11.1 Å². The zero-order chi connectivity index (χ0) is 20.8. The number of carbonyl (C=O) groups excluding carboxylic acids is 2. The fourth-order valence-electron chi connectivity index (χ4n) is 3.52. The number of carbonyl (C=O) groups is 2. The third-order valence-corrected chi connectivity index (χ3v) is 5.05. The lowest BCUT2D eigenvalue weighted by Gasteiger charge is -2.16. The highest BCUT2D eigenvalue weighted by molar-refractivity contribution is 6.22. The number of hydrogen-bond donors (Lipinski definition) is 1. The highest BCUT2D eigenvalue weighted by atomic mass is 19.4. The van der Waals surface area contributed by atoms with Crippen LogP contribution >= 0.6 is 0 Å². The molecule has 0 fully saturated rings. The van der Waals surface area contributed by atoms with Crippen molar-refractivity contribution < 1.29 is 22.8 Å². The summed E-state index contributed by atoms with van der Waals surface area (Å²) >= 11 is 0. The van der Waals surface area contributed by atoms with E-state index < -0.39 is 23.7 Å². The molecule has 29 heavy (non-hydrogen) atoms. The summed E-state index contributed by atoms with van der Waals surface area (Å²) in [5.41, 5.74) is 2.51. The second kappa shape index (κ2) is 6.88. The van der Waals surface area contributed by atoms with Crippen molar-refractivity contribution in [1.82, 2.24) is 5.32 Å². The molecule has 3 nitrogen and oxygen atoms in total. The van der Waals surface area contributed by atoms with Crippen molar-refractivity contribution in [2.45, 2.75) is 19.1 Å². The van der Waals surface area contributed by atoms with Gasteiger partial charge < -0.3 is 5.32 Å². The summed E-state index contributed by atoms with van der Waals surface area (Å²) in [5.74, 6) is -0.599. The summed E-state index contributed by atoms with van der Waals surface area (Å²) in [7, 11) is 0. The average Bonchev–Trinajstić information content (AvgIpc) is 2.99. The van der Waals surface area contributed by atoms with Crippen LogP contribution in [0.2, 0.25) is 0 Å². The van der Waals surface area contributed by atoms with Crippen molar-refractivity contribution in [2.75, 3.05) is 0 Å². The molecule has 6 heteroatoms. The number of fused-ring (bicyclic) bond motifs is 3. The van der Waals surface area contributed by atoms with Crippen molar-refractivity contribution >= 4 is 11.7 Å². The molecular formula is C23H16F3NO2. The molecule has 146 valence electrons. The molecule has 1 N–H and O–H groups in total. The summed E-state index contributed by atoms with van der Waals surface area (Å²) in [6.07, 6.45) is -4.45. The predicted octanol–water partition coefficient (Wildman–Crippen LogP) is 5.41. The van der Waals surface area contributed by atoms with E-state index in [1.165, 1.54) is 18.2 Å². The minimum Gasteiger partial charge on any atom is -0.346 e. The van der Waals surface area contributed by atoms with Gasteiger partial charge in [-0.25, -0.2) is 0 Å². The van der Waals surface area contributed by atoms with Crippen molar-refractivity contribution in [3.63, 3.8) is 0 Å². The number of halogens is 3. The first-order chi connectivity index (χ1) is 13.8. The van der Waals surface area contributed by atoms with Crippen molar-refractivity contribution in [3.8, 4) is 11.1 Å². The van der Waals surface area contributed by atoms with Gasteiger partial charge in [0.25, 0.3) is 5.91 Å². The minimum absolute atomic E-state index is 0.142. The molecule has 3 aromatic carbocycles. The molecule has 3 aromatic rings. The number of ketones is 1. The Morgan fingerprint density at radius 1 is 0.862 bits per heavy atom. The summed E-state index contributed by atoms with van der Waals surface area (Å²) in [6, 6.07) is 16.3. The van der Waals surface area contributed by atoms with E-state index in [0.29, 0.717) is 16.7 Å². The Morgan fingerprint density at radius 3 is 2.28 bits per heavy atom. The monoisotopic (exact) mass is 395 g/mol. The predicted molar refractivity (Wildman–Crippen MR) is 103 cm³/mol. The van der Waals surface area contributed by atoms with Gasteiger partial charge >= 0.3 is 6.18 Å². The molecule has 0 bridgehead atoms. The fraction of sp³-hybridized carbons (Fsp3) is 0.130. The molecule has 0 saturated heterocycles. The zero-order valence-corrected chi connectivity index (χ0v) is 15.4. The van der Waals surface area contributed by atoms with Gasteiger partial charge in [0.1, 0.15) is 0 Å². The Kier molecular flexibility index (Phi) is 4.49. The van der Waals surface area contributed by atoms with Gasteiger partial charge in [-0.1, -0.05) is 42.5 Å². The van der Waals surface area contributed by atoms with E-state index in [1.54, 1.807) is 31.2 Å². The fourth-order valence-corrected chi connectivity index (χ4v) is 3.52. The third-order valence-electron chi connectivity index (χ3n) is 5.05. The second-order valence-corrected chi connectivity index (χ2v) is 6.95. The number of rotatable bonds is 3. The lowest BCUT2D eigenvalue weighted by molar-refractivity contribution is -0.137. The van der Waals surface area contributed by atoms with Crippen LogP contribution in [-0.2, 0) is 6.18 Å². The molecule has 1 atom stereocenters. The van der Waals surface area contributed by atoms with E-state index in [9.17, 15) is 22.8 Å². The van der Waals surface area contributed by atoms with E-state index in [0.717, 1.165) is 23.3 Å². The van der Waals surface area contributed by atoms with Gasteiger partial charge in [-0.15, -0.1) is 0 Å². The first-order valence-electron chi connectivity index (χ1n) is 9.02. The Balaban J connectivity index is 1.57. The lowest BCUT2D eigenvalue weighted by atomic mass is 10.0.